The van der Waals surface area contributed by atoms with Crippen LogP contribution in [0.3, 0.4) is 0 Å². The molecule has 0 bridgehead atoms. The Labute approximate surface area is 161 Å². The minimum atomic E-state index is -0.893. The van der Waals surface area contributed by atoms with Gasteiger partial charge in [-0.25, -0.2) is 9.69 Å². The van der Waals surface area contributed by atoms with Gasteiger partial charge in [-0.05, 0) is 23.6 Å². The van der Waals surface area contributed by atoms with E-state index in [-0.39, 0.29) is 18.9 Å². The van der Waals surface area contributed by atoms with Crippen molar-refractivity contribution in [2.45, 2.75) is 19.0 Å². The molecule has 2 N–H and O–H groups in total. The molecule has 4 amide bonds. The number of nitrogens with zero attached hydrogens (tertiary/aromatic N) is 2. The van der Waals surface area contributed by atoms with Gasteiger partial charge in [0.05, 0.1) is 24.3 Å². The molecule has 0 radical (unpaired) electrons. The predicted octanol–water partition coefficient (Wildman–Crippen LogP) is 2.37. The second-order valence-corrected chi connectivity index (χ2v) is 6.48. The number of benzene rings is 2. The van der Waals surface area contributed by atoms with Crippen molar-refractivity contribution in [1.29, 1.82) is 0 Å². The molecule has 0 aliphatic carbocycles. The van der Waals surface area contributed by atoms with Crippen LogP contribution < -0.4 is 15.5 Å². The van der Waals surface area contributed by atoms with Gasteiger partial charge in [0, 0.05) is 11.6 Å². The number of hydrogen-bond acceptors (Lipinski definition) is 4. The molecule has 2 heterocycles. The third-order valence-corrected chi connectivity index (χ3v) is 4.61. The lowest BCUT2D eigenvalue weighted by Crippen LogP contribution is -2.36. The molecule has 1 aromatic heterocycles. The molecule has 4 rings (SSSR count). The van der Waals surface area contributed by atoms with E-state index in [1.54, 1.807) is 30.5 Å². The zero-order valence-electron chi connectivity index (χ0n) is 15.0. The Hall–Kier alpha value is -3.74. The van der Waals surface area contributed by atoms with Gasteiger partial charge in [-0.15, -0.1) is 0 Å². The monoisotopic (exact) mass is 374 g/mol. The molecule has 1 aliphatic rings. The highest BCUT2D eigenvalue weighted by atomic mass is 16.2. The van der Waals surface area contributed by atoms with Crippen LogP contribution in [0.1, 0.15) is 12.1 Å². The molecule has 7 heteroatoms. The average Bonchev–Trinajstić information content (AvgIpc) is 2.99. The number of carbonyl (C=O) groups excluding carboxylic acids is 3. The highest BCUT2D eigenvalue weighted by molar-refractivity contribution is 6.24. The summed E-state index contributed by atoms with van der Waals surface area (Å²) in [5, 5.41) is 7.06. The SMILES string of the molecule is O=C(C[C@H]1NC(=O)N(c2cccc3ccccc23)C1=O)NCc1ccccn1. The van der Waals surface area contributed by atoms with Crippen LogP contribution in [-0.4, -0.2) is 28.9 Å². The van der Waals surface area contributed by atoms with E-state index in [0.29, 0.717) is 5.69 Å². The second-order valence-electron chi connectivity index (χ2n) is 6.48. The number of amides is 4. The summed E-state index contributed by atoms with van der Waals surface area (Å²) < 4.78 is 0. The fourth-order valence-electron chi connectivity index (χ4n) is 3.25. The van der Waals surface area contributed by atoms with Gasteiger partial charge in [0.1, 0.15) is 6.04 Å². The number of pyridine rings is 1. The molecule has 0 spiro atoms. The van der Waals surface area contributed by atoms with Crippen molar-refractivity contribution >= 4 is 34.3 Å². The van der Waals surface area contributed by atoms with Crippen molar-refractivity contribution in [1.82, 2.24) is 15.6 Å². The second kappa shape index (κ2) is 7.48. The highest BCUT2D eigenvalue weighted by Gasteiger charge is 2.40. The summed E-state index contributed by atoms with van der Waals surface area (Å²) in [6, 6.07) is 17.0. The number of nitrogens with one attached hydrogen (secondary N) is 2. The summed E-state index contributed by atoms with van der Waals surface area (Å²) in [4.78, 5) is 42.7. The van der Waals surface area contributed by atoms with E-state index in [1.165, 1.54) is 0 Å². The van der Waals surface area contributed by atoms with Crippen molar-refractivity contribution in [2.24, 2.45) is 0 Å². The van der Waals surface area contributed by atoms with Crippen LogP contribution in [-0.2, 0) is 16.1 Å². The zero-order chi connectivity index (χ0) is 19.5. The van der Waals surface area contributed by atoms with E-state index in [1.807, 2.05) is 36.4 Å². The number of urea groups is 1. The van der Waals surface area contributed by atoms with Crippen LogP contribution in [0.5, 0.6) is 0 Å². The lowest BCUT2D eigenvalue weighted by Gasteiger charge is -2.15. The Balaban J connectivity index is 1.47. The highest BCUT2D eigenvalue weighted by Crippen LogP contribution is 2.29. The molecule has 1 atom stereocenters. The van der Waals surface area contributed by atoms with Gasteiger partial charge in [0.25, 0.3) is 5.91 Å². The van der Waals surface area contributed by atoms with Crippen molar-refractivity contribution < 1.29 is 14.4 Å². The fourth-order valence-corrected chi connectivity index (χ4v) is 3.25. The first-order valence-electron chi connectivity index (χ1n) is 8.92. The van der Waals surface area contributed by atoms with Gasteiger partial charge in [0.15, 0.2) is 0 Å². The van der Waals surface area contributed by atoms with Gasteiger partial charge in [-0.3, -0.25) is 14.6 Å². The van der Waals surface area contributed by atoms with Gasteiger partial charge in [-0.1, -0.05) is 42.5 Å². The number of carbonyl (C=O) groups is 3. The predicted molar refractivity (Wildman–Crippen MR) is 104 cm³/mol. The van der Waals surface area contributed by atoms with Crippen LogP contribution in [0.25, 0.3) is 10.8 Å². The van der Waals surface area contributed by atoms with E-state index in [2.05, 4.69) is 15.6 Å². The summed E-state index contributed by atoms with van der Waals surface area (Å²) in [7, 11) is 0. The molecule has 7 nitrogen and oxygen atoms in total. The number of anilines is 1. The zero-order valence-corrected chi connectivity index (χ0v) is 15.0. The third-order valence-electron chi connectivity index (χ3n) is 4.61. The van der Waals surface area contributed by atoms with Crippen LogP contribution in [0.15, 0.2) is 66.9 Å². The lowest BCUT2D eigenvalue weighted by atomic mass is 10.1. The summed E-state index contributed by atoms with van der Waals surface area (Å²) in [6.07, 6.45) is 1.52. The summed E-state index contributed by atoms with van der Waals surface area (Å²) in [5.41, 5.74) is 1.23. The van der Waals surface area contributed by atoms with E-state index in [0.717, 1.165) is 21.4 Å². The maximum Gasteiger partial charge on any atom is 0.329 e. The van der Waals surface area contributed by atoms with E-state index < -0.39 is 18.0 Å². The Morgan fingerprint density at radius 2 is 1.82 bits per heavy atom. The summed E-state index contributed by atoms with van der Waals surface area (Å²) in [6.45, 7) is 0.265. The molecule has 0 unspecified atom stereocenters. The van der Waals surface area contributed by atoms with Gasteiger partial charge >= 0.3 is 6.03 Å². The van der Waals surface area contributed by atoms with Gasteiger partial charge in [0.2, 0.25) is 5.91 Å². The van der Waals surface area contributed by atoms with Gasteiger partial charge in [-0.2, -0.15) is 0 Å². The van der Waals surface area contributed by atoms with Crippen molar-refractivity contribution in [3.63, 3.8) is 0 Å². The Morgan fingerprint density at radius 3 is 2.64 bits per heavy atom. The molecule has 1 aliphatic heterocycles. The number of rotatable bonds is 5. The third kappa shape index (κ3) is 3.42. The number of imide groups is 1. The lowest BCUT2D eigenvalue weighted by molar-refractivity contribution is -0.125. The minimum absolute atomic E-state index is 0.126. The summed E-state index contributed by atoms with van der Waals surface area (Å²) in [5.74, 6) is -0.765. The van der Waals surface area contributed by atoms with Crippen LogP contribution >= 0.6 is 0 Å². The molecule has 0 saturated carbocycles. The molecular weight excluding hydrogens is 356 g/mol. The smallest absolute Gasteiger partial charge is 0.329 e. The number of fused-ring (bicyclic) bond motifs is 1. The first-order valence-corrected chi connectivity index (χ1v) is 8.92. The quantitative estimate of drug-likeness (QED) is 0.671. The molecule has 1 fully saturated rings. The molecule has 2 aromatic carbocycles. The van der Waals surface area contributed by atoms with Crippen LogP contribution in [0.2, 0.25) is 0 Å². The molecule has 3 aromatic rings. The first-order chi connectivity index (χ1) is 13.6. The van der Waals surface area contributed by atoms with Crippen LogP contribution in [0.4, 0.5) is 10.5 Å². The minimum Gasteiger partial charge on any atom is -0.350 e. The van der Waals surface area contributed by atoms with Crippen LogP contribution in [0, 0.1) is 0 Å². The Morgan fingerprint density at radius 1 is 1.04 bits per heavy atom. The molecular formula is C21H18N4O3. The normalized spacial score (nSPS) is 16.3. The fraction of sp³-hybridized carbons (Fsp3) is 0.143. The summed E-state index contributed by atoms with van der Waals surface area (Å²) >= 11 is 0. The number of aromatic nitrogens is 1. The Bertz CT molecular complexity index is 1050. The maximum absolute atomic E-state index is 12.8. The number of hydrogen-bond donors (Lipinski definition) is 2. The molecule has 140 valence electrons. The van der Waals surface area contributed by atoms with Crippen molar-refractivity contribution in [2.75, 3.05) is 4.90 Å². The molecule has 1 saturated heterocycles. The van der Waals surface area contributed by atoms with Crippen molar-refractivity contribution in [3.05, 3.63) is 72.6 Å². The van der Waals surface area contributed by atoms with Crippen molar-refractivity contribution in [3.8, 4) is 0 Å². The standard InChI is InChI=1S/C21H18N4O3/c26-19(23-13-15-8-3-4-11-22-15)12-17-20(27)25(21(28)24-17)18-10-5-7-14-6-1-2-9-16(14)18/h1-11,17H,12-13H2,(H,23,26)(H,24,28)/t17-/m1/s1. The average molecular weight is 374 g/mol. The topological polar surface area (TPSA) is 91.4 Å². The van der Waals surface area contributed by atoms with E-state index in [4.69, 9.17) is 0 Å². The maximum atomic E-state index is 12.8. The largest absolute Gasteiger partial charge is 0.350 e. The Kier molecular flexibility index (Phi) is 4.72. The molecule has 28 heavy (non-hydrogen) atoms. The van der Waals surface area contributed by atoms with Gasteiger partial charge < -0.3 is 10.6 Å². The van der Waals surface area contributed by atoms with E-state index >= 15 is 0 Å². The first kappa shape index (κ1) is 17.7. The van der Waals surface area contributed by atoms with E-state index in [9.17, 15) is 14.4 Å².